The Bertz CT molecular complexity index is 778. The monoisotopic (exact) mass is 320 g/mol. The maximum Gasteiger partial charge on any atom is 0.293 e. The van der Waals surface area contributed by atoms with Crippen molar-refractivity contribution in [1.29, 1.82) is 0 Å². The Morgan fingerprint density at radius 2 is 1.91 bits per heavy atom. The van der Waals surface area contributed by atoms with Crippen molar-refractivity contribution in [2.75, 3.05) is 5.32 Å². The number of hydrogen-bond acceptors (Lipinski definition) is 4. The molecule has 0 amide bonds. The number of nitro groups is 1. The lowest BCUT2D eigenvalue weighted by molar-refractivity contribution is -0.384. The Hall–Kier alpha value is -2.83. The van der Waals surface area contributed by atoms with Crippen molar-refractivity contribution < 1.29 is 18.5 Å². The lowest BCUT2D eigenvalue weighted by Crippen LogP contribution is -2.10. The first kappa shape index (κ1) is 16.5. The predicted molar refractivity (Wildman–Crippen MR) is 81.5 cm³/mol. The molecule has 1 atom stereocenters. The van der Waals surface area contributed by atoms with Crippen molar-refractivity contribution in [3.8, 4) is 0 Å². The van der Waals surface area contributed by atoms with E-state index in [-0.39, 0.29) is 28.3 Å². The molecular weight excluding hydrogens is 306 g/mol. The quantitative estimate of drug-likeness (QED) is 0.508. The predicted octanol–water partition coefficient (Wildman–Crippen LogP) is 4.25. The second kappa shape index (κ2) is 6.51. The van der Waals surface area contributed by atoms with E-state index in [1.165, 1.54) is 31.2 Å². The van der Waals surface area contributed by atoms with Crippen LogP contribution in [0.5, 0.6) is 0 Å². The fourth-order valence-electron chi connectivity index (χ4n) is 2.19. The van der Waals surface area contributed by atoms with E-state index in [0.717, 1.165) is 12.1 Å². The first-order valence-electron chi connectivity index (χ1n) is 6.80. The Morgan fingerprint density at radius 1 is 1.22 bits per heavy atom. The van der Waals surface area contributed by atoms with Crippen molar-refractivity contribution in [1.82, 2.24) is 0 Å². The third-order valence-corrected chi connectivity index (χ3v) is 3.40. The minimum absolute atomic E-state index is 0.149. The first-order valence-corrected chi connectivity index (χ1v) is 6.80. The highest BCUT2D eigenvalue weighted by Crippen LogP contribution is 2.30. The maximum atomic E-state index is 13.8. The number of halogens is 2. The molecular formula is C16H14F2N2O3. The Kier molecular flexibility index (Phi) is 4.68. The largest absolute Gasteiger partial charge is 0.373 e. The van der Waals surface area contributed by atoms with Crippen LogP contribution in [0, 0.1) is 21.7 Å². The topological polar surface area (TPSA) is 72.2 Å². The molecule has 7 heteroatoms. The van der Waals surface area contributed by atoms with Crippen LogP contribution >= 0.6 is 0 Å². The SMILES string of the molecule is CC(=O)c1ccc(N[C@H](C)c2ccc(F)cc2F)c([N+](=O)[O-])c1. The van der Waals surface area contributed by atoms with Crippen LogP contribution in [0.25, 0.3) is 0 Å². The number of Topliss-reactive ketones (excluding diaryl/α,β-unsaturated/α-hetero) is 1. The number of benzene rings is 2. The molecule has 0 aliphatic carbocycles. The number of rotatable bonds is 5. The van der Waals surface area contributed by atoms with Crippen LogP contribution in [0.3, 0.4) is 0 Å². The second-order valence-electron chi connectivity index (χ2n) is 5.08. The molecule has 0 radical (unpaired) electrons. The summed E-state index contributed by atoms with van der Waals surface area (Å²) in [6.07, 6.45) is 0. The van der Waals surface area contributed by atoms with Crippen LogP contribution in [-0.4, -0.2) is 10.7 Å². The Labute approximate surface area is 131 Å². The number of hydrogen-bond donors (Lipinski definition) is 1. The number of nitro benzene ring substituents is 1. The smallest absolute Gasteiger partial charge is 0.293 e. The van der Waals surface area contributed by atoms with Crippen molar-refractivity contribution in [3.63, 3.8) is 0 Å². The van der Waals surface area contributed by atoms with Gasteiger partial charge in [-0.15, -0.1) is 0 Å². The van der Waals surface area contributed by atoms with E-state index in [9.17, 15) is 23.7 Å². The van der Waals surface area contributed by atoms with E-state index in [4.69, 9.17) is 0 Å². The average Bonchev–Trinajstić information content (AvgIpc) is 2.46. The Balaban J connectivity index is 2.35. The van der Waals surface area contributed by atoms with Crippen molar-refractivity contribution in [3.05, 3.63) is 69.3 Å². The molecule has 120 valence electrons. The molecule has 2 aromatic rings. The van der Waals surface area contributed by atoms with E-state index in [2.05, 4.69) is 5.32 Å². The fraction of sp³-hybridized carbons (Fsp3) is 0.188. The highest BCUT2D eigenvalue weighted by Gasteiger charge is 2.19. The standard InChI is InChI=1S/C16H14F2N2O3/c1-9(13-5-4-12(17)8-14(13)18)19-15-6-3-11(10(2)21)7-16(15)20(22)23/h3-9,19H,1-2H3/t9-/m1/s1. The third-order valence-electron chi connectivity index (χ3n) is 3.40. The molecule has 0 bridgehead atoms. The fourth-order valence-corrected chi connectivity index (χ4v) is 2.19. The average molecular weight is 320 g/mol. The summed E-state index contributed by atoms with van der Waals surface area (Å²) in [7, 11) is 0. The third kappa shape index (κ3) is 3.68. The summed E-state index contributed by atoms with van der Waals surface area (Å²) < 4.78 is 26.7. The first-order chi connectivity index (χ1) is 10.8. The summed E-state index contributed by atoms with van der Waals surface area (Å²) in [5.74, 6) is -1.74. The summed E-state index contributed by atoms with van der Waals surface area (Å²) >= 11 is 0. The van der Waals surface area contributed by atoms with Crippen LogP contribution in [-0.2, 0) is 0 Å². The van der Waals surface area contributed by atoms with Crippen molar-refractivity contribution in [2.45, 2.75) is 19.9 Å². The van der Waals surface area contributed by atoms with Crippen LogP contribution in [0.2, 0.25) is 0 Å². The van der Waals surface area contributed by atoms with Gasteiger partial charge in [0.2, 0.25) is 0 Å². The number of ketones is 1. The molecule has 1 N–H and O–H groups in total. The molecule has 0 spiro atoms. The van der Waals surface area contributed by atoms with Gasteiger partial charge >= 0.3 is 0 Å². The van der Waals surface area contributed by atoms with Crippen LogP contribution < -0.4 is 5.32 Å². The molecule has 0 saturated heterocycles. The zero-order valence-electron chi connectivity index (χ0n) is 12.5. The van der Waals surface area contributed by atoms with Crippen LogP contribution in [0.15, 0.2) is 36.4 Å². The lowest BCUT2D eigenvalue weighted by Gasteiger charge is -2.16. The van der Waals surface area contributed by atoms with E-state index in [0.29, 0.717) is 0 Å². The summed E-state index contributed by atoms with van der Waals surface area (Å²) in [5, 5.41) is 14.0. The van der Waals surface area contributed by atoms with E-state index in [1.54, 1.807) is 6.92 Å². The van der Waals surface area contributed by atoms with Gasteiger partial charge in [0.15, 0.2) is 5.78 Å². The minimum atomic E-state index is -0.743. The minimum Gasteiger partial charge on any atom is -0.373 e. The van der Waals surface area contributed by atoms with Gasteiger partial charge in [-0.2, -0.15) is 0 Å². The molecule has 2 rings (SSSR count). The molecule has 0 unspecified atom stereocenters. The Morgan fingerprint density at radius 3 is 2.48 bits per heavy atom. The molecule has 0 aliphatic rings. The van der Waals surface area contributed by atoms with Gasteiger partial charge in [0.1, 0.15) is 17.3 Å². The van der Waals surface area contributed by atoms with Gasteiger partial charge in [-0.05, 0) is 32.0 Å². The molecule has 0 saturated carbocycles. The molecule has 0 aromatic heterocycles. The summed E-state index contributed by atoms with van der Waals surface area (Å²) in [4.78, 5) is 21.9. The van der Waals surface area contributed by atoms with Gasteiger partial charge in [-0.3, -0.25) is 14.9 Å². The molecule has 23 heavy (non-hydrogen) atoms. The zero-order valence-corrected chi connectivity index (χ0v) is 12.5. The summed E-state index contributed by atoms with van der Waals surface area (Å²) in [6, 6.07) is 6.52. The number of nitrogens with zero attached hydrogens (tertiary/aromatic N) is 1. The van der Waals surface area contributed by atoms with Crippen LogP contribution in [0.4, 0.5) is 20.2 Å². The zero-order chi connectivity index (χ0) is 17.1. The van der Waals surface area contributed by atoms with E-state index < -0.39 is 22.6 Å². The van der Waals surface area contributed by atoms with Crippen molar-refractivity contribution >= 4 is 17.2 Å². The molecule has 0 aliphatic heterocycles. The molecule has 0 heterocycles. The number of nitrogens with one attached hydrogen (secondary N) is 1. The number of carbonyl (C=O) groups excluding carboxylic acids is 1. The van der Waals surface area contributed by atoms with Crippen LogP contribution in [0.1, 0.15) is 35.8 Å². The summed E-state index contributed by atoms with van der Waals surface area (Å²) in [6.45, 7) is 2.90. The van der Waals surface area contributed by atoms with Gasteiger partial charge in [-0.25, -0.2) is 8.78 Å². The number of anilines is 1. The number of carbonyl (C=O) groups is 1. The van der Waals surface area contributed by atoms with Gasteiger partial charge in [0.25, 0.3) is 5.69 Å². The van der Waals surface area contributed by atoms with Gasteiger partial charge < -0.3 is 5.32 Å². The molecule has 2 aromatic carbocycles. The lowest BCUT2D eigenvalue weighted by atomic mass is 10.1. The maximum absolute atomic E-state index is 13.8. The normalized spacial score (nSPS) is 11.8. The van der Waals surface area contributed by atoms with Gasteiger partial charge in [0.05, 0.1) is 11.0 Å². The second-order valence-corrected chi connectivity index (χ2v) is 5.08. The molecule has 0 fully saturated rings. The van der Waals surface area contributed by atoms with Crippen molar-refractivity contribution in [2.24, 2.45) is 0 Å². The highest BCUT2D eigenvalue weighted by molar-refractivity contribution is 5.95. The summed E-state index contributed by atoms with van der Waals surface area (Å²) in [5.41, 5.74) is 0.252. The van der Waals surface area contributed by atoms with Gasteiger partial charge in [0, 0.05) is 23.3 Å². The molecule has 5 nitrogen and oxygen atoms in total. The highest BCUT2D eigenvalue weighted by atomic mass is 19.1. The van der Waals surface area contributed by atoms with E-state index in [1.807, 2.05) is 0 Å². The van der Waals surface area contributed by atoms with Gasteiger partial charge in [-0.1, -0.05) is 6.07 Å². The van der Waals surface area contributed by atoms with E-state index >= 15 is 0 Å².